The molecule has 20 heavy (non-hydrogen) atoms. The Bertz CT molecular complexity index is 551. The highest BCUT2D eigenvalue weighted by Gasteiger charge is 2.23. The van der Waals surface area contributed by atoms with Crippen LogP contribution in [0.15, 0.2) is 35.1 Å². The summed E-state index contributed by atoms with van der Waals surface area (Å²) in [5.41, 5.74) is 1.96. The van der Waals surface area contributed by atoms with Gasteiger partial charge in [0.2, 0.25) is 5.75 Å². The number of furan rings is 1. The molecule has 0 fully saturated rings. The van der Waals surface area contributed by atoms with E-state index in [0.29, 0.717) is 17.2 Å². The first-order chi connectivity index (χ1) is 9.76. The number of hydrogen-bond donors (Lipinski definition) is 1. The van der Waals surface area contributed by atoms with Crippen LogP contribution in [0, 0.1) is 0 Å². The van der Waals surface area contributed by atoms with Crippen molar-refractivity contribution in [1.29, 1.82) is 0 Å². The lowest BCUT2D eigenvalue weighted by molar-refractivity contribution is 0.320. The van der Waals surface area contributed by atoms with Crippen LogP contribution in [0.3, 0.4) is 0 Å². The normalized spacial score (nSPS) is 12.0. The summed E-state index contributed by atoms with van der Waals surface area (Å²) in [6, 6.07) is 5.68. The van der Waals surface area contributed by atoms with Crippen molar-refractivity contribution in [3.63, 3.8) is 0 Å². The predicted molar refractivity (Wildman–Crippen MR) is 75.7 cm³/mol. The molecular weight excluding hydrogens is 258 g/mol. The topological polar surface area (TPSA) is 52.9 Å². The molecule has 0 aliphatic rings. The van der Waals surface area contributed by atoms with Crippen LogP contribution in [0.4, 0.5) is 0 Å². The first-order valence-electron chi connectivity index (χ1n) is 6.25. The van der Waals surface area contributed by atoms with E-state index in [0.717, 1.165) is 11.1 Å². The van der Waals surface area contributed by atoms with Crippen molar-refractivity contribution in [3.05, 3.63) is 41.9 Å². The molecule has 0 radical (unpaired) electrons. The molecule has 0 aliphatic carbocycles. The Hall–Kier alpha value is -2.14. The van der Waals surface area contributed by atoms with Crippen molar-refractivity contribution >= 4 is 0 Å². The van der Waals surface area contributed by atoms with Crippen LogP contribution in [0.5, 0.6) is 17.2 Å². The molecule has 2 rings (SSSR count). The summed E-state index contributed by atoms with van der Waals surface area (Å²) in [5, 5.41) is 3.25. The van der Waals surface area contributed by atoms with E-state index in [-0.39, 0.29) is 6.04 Å². The monoisotopic (exact) mass is 277 g/mol. The van der Waals surface area contributed by atoms with Crippen molar-refractivity contribution in [1.82, 2.24) is 5.32 Å². The van der Waals surface area contributed by atoms with E-state index in [1.54, 1.807) is 33.9 Å². The third kappa shape index (κ3) is 2.44. The Morgan fingerprint density at radius 2 is 1.75 bits per heavy atom. The fourth-order valence-electron chi connectivity index (χ4n) is 2.29. The smallest absolute Gasteiger partial charge is 0.203 e. The zero-order chi connectivity index (χ0) is 14.5. The molecule has 1 aromatic heterocycles. The third-order valence-electron chi connectivity index (χ3n) is 3.21. The molecule has 1 N–H and O–H groups in total. The van der Waals surface area contributed by atoms with Crippen LogP contribution in [-0.2, 0) is 0 Å². The van der Waals surface area contributed by atoms with Crippen LogP contribution >= 0.6 is 0 Å². The Morgan fingerprint density at radius 1 is 1.00 bits per heavy atom. The van der Waals surface area contributed by atoms with Gasteiger partial charge in [-0.2, -0.15) is 0 Å². The minimum Gasteiger partial charge on any atom is -0.493 e. The molecule has 2 aromatic rings. The van der Waals surface area contributed by atoms with Gasteiger partial charge in [-0.15, -0.1) is 0 Å². The minimum absolute atomic E-state index is 0.0523. The van der Waals surface area contributed by atoms with E-state index in [4.69, 9.17) is 18.6 Å². The molecule has 0 saturated heterocycles. The molecule has 5 heteroatoms. The predicted octanol–water partition coefficient (Wildman–Crippen LogP) is 2.61. The van der Waals surface area contributed by atoms with Gasteiger partial charge in [0.25, 0.3) is 0 Å². The quantitative estimate of drug-likeness (QED) is 0.879. The first-order valence-corrected chi connectivity index (χ1v) is 6.25. The molecule has 0 saturated carbocycles. The number of nitrogens with one attached hydrogen (secondary N) is 1. The SMILES string of the molecule is CNC(c1ccoc1)c1ccc(OC)c(OC)c1OC. The van der Waals surface area contributed by atoms with Gasteiger partial charge in [-0.1, -0.05) is 0 Å². The number of ether oxygens (including phenoxy) is 3. The lowest BCUT2D eigenvalue weighted by atomic mass is 9.99. The van der Waals surface area contributed by atoms with Gasteiger partial charge in [0, 0.05) is 11.1 Å². The van der Waals surface area contributed by atoms with E-state index in [2.05, 4.69) is 5.32 Å². The van der Waals surface area contributed by atoms with Crippen LogP contribution in [0.25, 0.3) is 0 Å². The van der Waals surface area contributed by atoms with E-state index in [1.165, 1.54) is 0 Å². The second-order valence-electron chi connectivity index (χ2n) is 4.20. The largest absolute Gasteiger partial charge is 0.493 e. The molecule has 5 nitrogen and oxygen atoms in total. The van der Waals surface area contributed by atoms with Gasteiger partial charge in [0.05, 0.1) is 39.9 Å². The number of benzene rings is 1. The summed E-state index contributed by atoms with van der Waals surface area (Å²) >= 11 is 0. The molecule has 0 spiro atoms. The van der Waals surface area contributed by atoms with Crippen molar-refractivity contribution in [2.45, 2.75) is 6.04 Å². The lowest BCUT2D eigenvalue weighted by Crippen LogP contribution is -2.18. The first kappa shape index (κ1) is 14.3. The lowest BCUT2D eigenvalue weighted by Gasteiger charge is -2.21. The van der Waals surface area contributed by atoms with Crippen LogP contribution in [-0.4, -0.2) is 28.4 Å². The number of methoxy groups -OCH3 is 3. The Morgan fingerprint density at radius 3 is 2.25 bits per heavy atom. The number of rotatable bonds is 6. The van der Waals surface area contributed by atoms with E-state index < -0.39 is 0 Å². The summed E-state index contributed by atoms with van der Waals surface area (Å²) in [4.78, 5) is 0. The van der Waals surface area contributed by atoms with Gasteiger partial charge in [-0.25, -0.2) is 0 Å². The standard InChI is InChI=1S/C15H19NO4/c1-16-13(10-7-8-20-9-10)11-5-6-12(17-2)15(19-4)14(11)18-3/h5-9,13,16H,1-4H3. The summed E-state index contributed by atoms with van der Waals surface area (Å²) in [6.45, 7) is 0. The zero-order valence-corrected chi connectivity index (χ0v) is 12.1. The Labute approximate surface area is 118 Å². The summed E-state index contributed by atoms with van der Waals surface area (Å²) in [7, 11) is 6.69. The maximum absolute atomic E-state index is 5.52. The van der Waals surface area contributed by atoms with Crippen LogP contribution in [0.2, 0.25) is 0 Å². The van der Waals surface area contributed by atoms with Crippen molar-refractivity contribution in [2.75, 3.05) is 28.4 Å². The van der Waals surface area contributed by atoms with Crippen molar-refractivity contribution < 1.29 is 18.6 Å². The molecule has 1 atom stereocenters. The fraction of sp³-hybridized carbons (Fsp3) is 0.333. The molecule has 0 aliphatic heterocycles. The molecule has 0 bridgehead atoms. The highest BCUT2D eigenvalue weighted by Crippen LogP contribution is 2.43. The summed E-state index contributed by atoms with van der Waals surface area (Å²) in [6.07, 6.45) is 3.35. The van der Waals surface area contributed by atoms with Crippen molar-refractivity contribution in [2.24, 2.45) is 0 Å². The molecule has 1 aromatic carbocycles. The van der Waals surface area contributed by atoms with Crippen LogP contribution in [0.1, 0.15) is 17.2 Å². The second kappa shape index (κ2) is 6.34. The second-order valence-corrected chi connectivity index (χ2v) is 4.20. The molecule has 108 valence electrons. The molecule has 1 unspecified atom stereocenters. The number of hydrogen-bond acceptors (Lipinski definition) is 5. The average molecular weight is 277 g/mol. The van der Waals surface area contributed by atoms with E-state index in [1.807, 2.05) is 25.2 Å². The summed E-state index contributed by atoms with van der Waals surface area (Å²) in [5.74, 6) is 1.86. The average Bonchev–Trinajstić information content (AvgIpc) is 3.01. The molecular formula is C15H19NO4. The third-order valence-corrected chi connectivity index (χ3v) is 3.21. The van der Waals surface area contributed by atoms with Gasteiger partial charge >= 0.3 is 0 Å². The maximum atomic E-state index is 5.52. The van der Waals surface area contributed by atoms with E-state index >= 15 is 0 Å². The summed E-state index contributed by atoms with van der Waals surface area (Å²) < 4.78 is 21.4. The fourth-order valence-corrected chi connectivity index (χ4v) is 2.29. The Balaban J connectivity index is 2.55. The minimum atomic E-state index is -0.0523. The highest BCUT2D eigenvalue weighted by atomic mass is 16.5. The highest BCUT2D eigenvalue weighted by molar-refractivity contribution is 5.58. The molecule has 1 heterocycles. The van der Waals surface area contributed by atoms with Gasteiger partial charge < -0.3 is 23.9 Å². The molecule has 0 amide bonds. The van der Waals surface area contributed by atoms with E-state index in [9.17, 15) is 0 Å². The van der Waals surface area contributed by atoms with Gasteiger partial charge in [0.15, 0.2) is 11.5 Å². The Kier molecular flexibility index (Phi) is 4.53. The maximum Gasteiger partial charge on any atom is 0.203 e. The van der Waals surface area contributed by atoms with Gasteiger partial charge in [0.1, 0.15) is 0 Å². The van der Waals surface area contributed by atoms with Gasteiger partial charge in [-0.3, -0.25) is 0 Å². The van der Waals surface area contributed by atoms with Gasteiger partial charge in [-0.05, 0) is 25.2 Å². The van der Waals surface area contributed by atoms with Crippen molar-refractivity contribution in [3.8, 4) is 17.2 Å². The zero-order valence-electron chi connectivity index (χ0n) is 12.1. The van der Waals surface area contributed by atoms with Crippen LogP contribution < -0.4 is 19.5 Å².